The zero-order chi connectivity index (χ0) is 22.5. The predicted octanol–water partition coefficient (Wildman–Crippen LogP) is -0.887. The molecule has 3 saturated heterocycles. The van der Waals surface area contributed by atoms with Gasteiger partial charge in [-0.15, -0.1) is 4.31 Å². The summed E-state index contributed by atoms with van der Waals surface area (Å²) in [4.78, 5) is 2.34. The van der Waals surface area contributed by atoms with E-state index in [1.807, 2.05) is 0 Å². The molecule has 3 aliphatic heterocycles. The number of halogens is 3. The van der Waals surface area contributed by atoms with Crippen molar-refractivity contribution in [1.82, 2.24) is 35.8 Å². The summed E-state index contributed by atoms with van der Waals surface area (Å²) in [6.07, 6.45) is -1.56. The van der Waals surface area contributed by atoms with Gasteiger partial charge in [-0.25, -0.2) is 0 Å². The van der Waals surface area contributed by atoms with Gasteiger partial charge in [0.1, 0.15) is 35.8 Å². The molecule has 0 radical (unpaired) electrons. The van der Waals surface area contributed by atoms with Gasteiger partial charge in [-0.2, -0.15) is 13.2 Å². The number of likely N-dealkylation sites (tertiary alicyclic amines) is 1. The molecule has 0 amide bonds. The van der Waals surface area contributed by atoms with E-state index >= 15 is 0 Å². The first-order valence-electron chi connectivity index (χ1n) is 10.7. The van der Waals surface area contributed by atoms with Gasteiger partial charge in [-0.1, -0.05) is 4.21 Å². The van der Waals surface area contributed by atoms with Gasteiger partial charge in [0.05, 0.1) is 0 Å². The molecule has 10 nitrogen and oxygen atoms in total. The minimum Gasteiger partial charge on any atom is -0.598 e. The molecule has 4 unspecified atom stereocenters. The number of nitrogens with one attached hydrogen (secondary N) is 5. The maximum absolute atomic E-state index is 12.6. The quantitative estimate of drug-likeness (QED) is 0.272. The van der Waals surface area contributed by atoms with Crippen LogP contribution in [0.4, 0.5) is 13.2 Å². The molecule has 31 heavy (non-hydrogen) atoms. The zero-order valence-electron chi connectivity index (χ0n) is 17.7. The molecule has 3 aliphatic rings. The smallest absolute Gasteiger partial charge is 0.411 e. The van der Waals surface area contributed by atoms with E-state index in [0.717, 1.165) is 19.6 Å². The summed E-state index contributed by atoms with van der Waals surface area (Å²) in [6.45, 7) is 3.14. The Hall–Kier alpha value is -0.420. The second-order valence-corrected chi connectivity index (χ2v) is 10.3. The van der Waals surface area contributed by atoms with Crippen LogP contribution in [0.3, 0.4) is 0 Å². The highest BCUT2D eigenvalue weighted by Crippen LogP contribution is 2.17. The van der Waals surface area contributed by atoms with E-state index in [1.165, 1.54) is 23.4 Å². The first-order valence-corrected chi connectivity index (χ1v) is 12.6. The Morgan fingerprint density at radius 3 is 2.35 bits per heavy atom. The molecule has 0 aliphatic carbocycles. The van der Waals surface area contributed by atoms with Crippen molar-refractivity contribution in [3.8, 4) is 0 Å². The van der Waals surface area contributed by atoms with Crippen LogP contribution in [0.2, 0.25) is 0 Å². The van der Waals surface area contributed by atoms with Crippen LogP contribution in [-0.2, 0) is 19.3 Å². The van der Waals surface area contributed by atoms with Crippen LogP contribution in [-0.4, -0.2) is 97.0 Å². The lowest BCUT2D eigenvalue weighted by atomic mass is 10.1. The second kappa shape index (κ2) is 11.1. The summed E-state index contributed by atoms with van der Waals surface area (Å²) in [6, 6.07) is 0.0228. The molecule has 3 fully saturated rings. The van der Waals surface area contributed by atoms with Gasteiger partial charge in [-0.05, 0) is 38.8 Å². The lowest BCUT2D eigenvalue weighted by Gasteiger charge is -2.41. The first kappa shape index (κ1) is 25.2. The van der Waals surface area contributed by atoms with Crippen molar-refractivity contribution < 1.29 is 26.7 Å². The fraction of sp³-hybridized carbons (Fsp3) is 1.00. The van der Waals surface area contributed by atoms with Gasteiger partial charge in [-0.3, -0.25) is 26.6 Å². The Kier molecular flexibility index (Phi) is 9.06. The molecule has 4 atom stereocenters. The molecule has 182 valence electrons. The second-order valence-electron chi connectivity index (χ2n) is 8.28. The Morgan fingerprint density at radius 2 is 1.74 bits per heavy atom. The summed E-state index contributed by atoms with van der Waals surface area (Å²) in [5.41, 5.74) is 0. The number of hydrogen-bond donors (Lipinski definition) is 5. The third-order valence-electron chi connectivity index (χ3n) is 5.68. The highest BCUT2D eigenvalue weighted by molar-refractivity contribution is 7.94. The van der Waals surface area contributed by atoms with E-state index < -0.39 is 42.1 Å². The summed E-state index contributed by atoms with van der Waals surface area (Å²) >= 11 is 0. The minimum atomic E-state index is -4.42. The van der Waals surface area contributed by atoms with Crippen molar-refractivity contribution in [2.24, 2.45) is 0 Å². The SMILES string of the molecule is C[S+](=O)([O-])N1CCC(NC2NC(NCCN3CCCC3)NC(OCC(F)(F)F)N2)CC1. The lowest BCUT2D eigenvalue weighted by Crippen LogP contribution is -2.76. The van der Waals surface area contributed by atoms with E-state index in [-0.39, 0.29) is 6.04 Å². The maximum atomic E-state index is 12.6. The van der Waals surface area contributed by atoms with E-state index in [1.54, 1.807) is 0 Å². The molecule has 3 heterocycles. The lowest BCUT2D eigenvalue weighted by molar-refractivity contribution is -0.199. The van der Waals surface area contributed by atoms with Crippen molar-refractivity contribution in [2.45, 2.75) is 56.8 Å². The van der Waals surface area contributed by atoms with Crippen LogP contribution >= 0.6 is 0 Å². The van der Waals surface area contributed by atoms with Crippen molar-refractivity contribution >= 4 is 10.4 Å². The van der Waals surface area contributed by atoms with Gasteiger partial charge in [0.2, 0.25) is 0 Å². The van der Waals surface area contributed by atoms with Crippen molar-refractivity contribution in [3.05, 3.63) is 0 Å². The summed E-state index contributed by atoms with van der Waals surface area (Å²) in [5, 5.41) is 15.7. The molecule has 0 saturated carbocycles. The highest BCUT2D eigenvalue weighted by atomic mass is 32.3. The van der Waals surface area contributed by atoms with Crippen LogP contribution in [0.25, 0.3) is 0 Å². The molecule has 0 aromatic heterocycles. The topological polar surface area (TPSA) is 116 Å². The Bertz CT molecular complexity index is 598. The Balaban J connectivity index is 1.49. The summed E-state index contributed by atoms with van der Waals surface area (Å²) < 4.78 is 67.5. The van der Waals surface area contributed by atoms with Gasteiger partial charge in [0.25, 0.3) is 0 Å². The van der Waals surface area contributed by atoms with Gasteiger partial charge < -0.3 is 14.2 Å². The van der Waals surface area contributed by atoms with Crippen LogP contribution in [0.1, 0.15) is 25.7 Å². The van der Waals surface area contributed by atoms with E-state index in [4.69, 9.17) is 4.74 Å². The number of sulfonamides is 1. The third-order valence-corrected chi connectivity index (χ3v) is 6.99. The standard InChI is InChI=1S/C17H34F3N7O3S/c1-31(28,29)27-9-4-13(5-10-27)22-15-23-14(21-6-11-26-7-2-3-8-26)24-16(25-15)30-12-17(18,19)20/h13-16,21-25H,2-12H2,1H3. The number of rotatable bonds is 9. The minimum absolute atomic E-state index is 0.0228. The van der Waals surface area contributed by atoms with Crippen molar-refractivity contribution in [2.75, 3.05) is 52.1 Å². The van der Waals surface area contributed by atoms with Crippen LogP contribution in [0, 0.1) is 0 Å². The highest BCUT2D eigenvalue weighted by Gasteiger charge is 2.35. The van der Waals surface area contributed by atoms with Gasteiger partial charge in [0, 0.05) is 32.2 Å². The number of nitrogens with zero attached hydrogens (tertiary/aromatic N) is 2. The Labute approximate surface area is 182 Å². The van der Waals surface area contributed by atoms with E-state index in [0.29, 0.717) is 32.5 Å². The van der Waals surface area contributed by atoms with Gasteiger partial charge >= 0.3 is 6.18 Å². The van der Waals surface area contributed by atoms with Crippen molar-refractivity contribution in [3.63, 3.8) is 0 Å². The predicted molar refractivity (Wildman–Crippen MR) is 109 cm³/mol. The molecule has 3 rings (SSSR count). The fourth-order valence-corrected chi connectivity index (χ4v) is 4.94. The molecular formula is C17H34F3N7O3S. The summed E-state index contributed by atoms with van der Waals surface area (Å²) in [7, 11) is -3.21. The van der Waals surface area contributed by atoms with E-state index in [2.05, 4.69) is 31.5 Å². The normalized spacial score (nSPS) is 31.7. The van der Waals surface area contributed by atoms with Gasteiger partial charge in [0.15, 0.2) is 6.35 Å². The fourth-order valence-electron chi connectivity index (χ4n) is 4.06. The number of ether oxygens (including phenoxy) is 1. The number of alkyl halides is 3. The average molecular weight is 474 g/mol. The van der Waals surface area contributed by atoms with Crippen LogP contribution < -0.4 is 26.6 Å². The maximum Gasteiger partial charge on any atom is 0.411 e. The molecule has 0 aromatic rings. The monoisotopic (exact) mass is 473 g/mol. The molecular weight excluding hydrogens is 439 g/mol. The number of hydrogen-bond acceptors (Lipinski definition) is 9. The zero-order valence-corrected chi connectivity index (χ0v) is 18.6. The molecule has 0 bridgehead atoms. The molecule has 0 spiro atoms. The molecule has 0 aromatic carbocycles. The number of piperidine rings is 1. The van der Waals surface area contributed by atoms with Crippen LogP contribution in [0.5, 0.6) is 0 Å². The van der Waals surface area contributed by atoms with E-state index in [9.17, 15) is 21.9 Å². The molecule has 14 heteroatoms. The first-order chi connectivity index (χ1) is 14.6. The Morgan fingerprint density at radius 1 is 1.10 bits per heavy atom. The summed E-state index contributed by atoms with van der Waals surface area (Å²) in [5.74, 6) is 0. The average Bonchev–Trinajstić information content (AvgIpc) is 3.19. The third kappa shape index (κ3) is 8.79. The largest absolute Gasteiger partial charge is 0.598 e. The molecule has 5 N–H and O–H groups in total. The van der Waals surface area contributed by atoms with Crippen LogP contribution in [0.15, 0.2) is 0 Å². The van der Waals surface area contributed by atoms with Crippen molar-refractivity contribution in [1.29, 1.82) is 0 Å².